The Morgan fingerprint density at radius 1 is 1.00 bits per heavy atom. The molecule has 304 valence electrons. The lowest BCUT2D eigenvalue weighted by Gasteiger charge is -2.43. The summed E-state index contributed by atoms with van der Waals surface area (Å²) in [5.41, 5.74) is 0.874. The van der Waals surface area contributed by atoms with Gasteiger partial charge in [0.05, 0.1) is 36.0 Å². The standard InChI is InChI=1S/C44H46F3N5O5S/c1-2-31-24-35(52-42(58)51(41(56)43(52)16-4-17-43)34-9-7-33(26-48)37(25-34)44(45,46)47)10-11-38(31)57-20-15-28-13-18-50(19-14-28)27-36(53)23-30-6-3-5-29(21-30)22-32-8-12-39(54)49-40(32)55/h3,5-7,9-11,21,24-25,28,32H,2,4,8,12-20,22-23,27H2,1H3,(H,49,54,55). The fourth-order valence-corrected chi connectivity index (χ4v) is 9.19. The average Bonchev–Trinajstić information content (AvgIpc) is 3.42. The number of piperidine rings is 2. The fraction of sp³-hybridized carbons (Fsp3) is 0.455. The zero-order chi connectivity index (χ0) is 41.2. The second-order valence-electron chi connectivity index (χ2n) is 15.9. The van der Waals surface area contributed by atoms with Crippen LogP contribution in [0.4, 0.5) is 24.5 Å². The van der Waals surface area contributed by atoms with Gasteiger partial charge in [-0.05, 0) is 142 Å². The van der Waals surface area contributed by atoms with E-state index in [2.05, 4.69) is 10.2 Å². The first-order valence-electron chi connectivity index (χ1n) is 20.0. The van der Waals surface area contributed by atoms with Gasteiger partial charge in [-0.15, -0.1) is 0 Å². The molecule has 0 radical (unpaired) electrons. The van der Waals surface area contributed by atoms with Crippen molar-refractivity contribution >= 4 is 52.2 Å². The predicted octanol–water partition coefficient (Wildman–Crippen LogP) is 7.09. The van der Waals surface area contributed by atoms with Gasteiger partial charge in [-0.25, -0.2) is 0 Å². The Labute approximate surface area is 341 Å². The highest BCUT2D eigenvalue weighted by molar-refractivity contribution is 7.81. The first-order valence-corrected chi connectivity index (χ1v) is 20.4. The summed E-state index contributed by atoms with van der Waals surface area (Å²) in [5, 5.41) is 11.8. The van der Waals surface area contributed by atoms with Gasteiger partial charge in [0.15, 0.2) is 10.9 Å². The van der Waals surface area contributed by atoms with E-state index in [9.17, 15) is 37.6 Å². The van der Waals surface area contributed by atoms with Crippen molar-refractivity contribution in [3.8, 4) is 11.8 Å². The number of carbonyl (C=O) groups excluding carboxylic acids is 4. The zero-order valence-corrected chi connectivity index (χ0v) is 33.2. The number of hydrogen-bond donors (Lipinski definition) is 1. The van der Waals surface area contributed by atoms with E-state index in [1.165, 1.54) is 11.0 Å². The molecular weight excluding hydrogens is 768 g/mol. The molecule has 3 heterocycles. The Bertz CT molecular complexity index is 2160. The lowest BCUT2D eigenvalue weighted by atomic mass is 9.75. The summed E-state index contributed by atoms with van der Waals surface area (Å²) in [4.78, 5) is 55.9. The molecule has 1 saturated carbocycles. The van der Waals surface area contributed by atoms with Crippen molar-refractivity contribution in [1.29, 1.82) is 5.26 Å². The number of hydrogen-bond acceptors (Lipinski definition) is 8. The van der Waals surface area contributed by atoms with Crippen molar-refractivity contribution in [3.63, 3.8) is 0 Å². The van der Waals surface area contributed by atoms with Gasteiger partial charge in [0, 0.05) is 24.4 Å². The van der Waals surface area contributed by atoms with Gasteiger partial charge in [-0.2, -0.15) is 18.4 Å². The molecule has 1 aliphatic carbocycles. The number of thiocarbonyl (C=S) groups is 1. The van der Waals surface area contributed by atoms with Crippen molar-refractivity contribution in [2.45, 2.75) is 89.3 Å². The Hall–Kier alpha value is -5.13. The van der Waals surface area contributed by atoms with Crippen molar-refractivity contribution < 1.29 is 37.1 Å². The summed E-state index contributed by atoms with van der Waals surface area (Å²) in [6, 6.07) is 18.3. The van der Waals surface area contributed by atoms with Gasteiger partial charge >= 0.3 is 6.18 Å². The number of carbonyl (C=O) groups is 4. The second-order valence-corrected chi connectivity index (χ2v) is 16.2. The number of rotatable bonds is 13. The number of imide groups is 1. The first-order chi connectivity index (χ1) is 27.8. The van der Waals surface area contributed by atoms with Crippen LogP contribution in [-0.4, -0.2) is 65.3 Å². The van der Waals surface area contributed by atoms with Gasteiger partial charge in [-0.1, -0.05) is 31.2 Å². The van der Waals surface area contributed by atoms with Crippen molar-refractivity contribution in [3.05, 3.63) is 88.5 Å². The Morgan fingerprint density at radius 2 is 1.74 bits per heavy atom. The molecule has 3 saturated heterocycles. The third-order valence-electron chi connectivity index (χ3n) is 12.1. The molecule has 1 atom stereocenters. The average molecular weight is 814 g/mol. The summed E-state index contributed by atoms with van der Waals surface area (Å²) in [6.07, 6.45) is 2.21. The van der Waals surface area contributed by atoms with Crippen LogP contribution in [-0.2, 0) is 44.6 Å². The van der Waals surface area contributed by atoms with Crippen LogP contribution in [0.1, 0.15) is 86.1 Å². The monoisotopic (exact) mass is 813 g/mol. The number of nitrogens with zero attached hydrogens (tertiary/aromatic N) is 4. The van der Waals surface area contributed by atoms with Gasteiger partial charge in [0.25, 0.3) is 5.91 Å². The molecule has 3 aliphatic heterocycles. The topological polar surface area (TPSA) is 123 Å². The molecule has 58 heavy (non-hydrogen) atoms. The summed E-state index contributed by atoms with van der Waals surface area (Å²) in [6.45, 7) is 4.57. The third-order valence-corrected chi connectivity index (χ3v) is 12.4. The van der Waals surface area contributed by atoms with E-state index in [0.29, 0.717) is 69.7 Å². The maximum Gasteiger partial charge on any atom is 0.417 e. The van der Waals surface area contributed by atoms with E-state index in [1.807, 2.05) is 49.4 Å². The summed E-state index contributed by atoms with van der Waals surface area (Å²) >= 11 is 5.81. The predicted molar refractivity (Wildman–Crippen MR) is 215 cm³/mol. The van der Waals surface area contributed by atoms with Crippen LogP contribution in [0.5, 0.6) is 5.75 Å². The highest BCUT2D eigenvalue weighted by Crippen LogP contribution is 2.49. The van der Waals surface area contributed by atoms with E-state index in [-0.39, 0.29) is 40.2 Å². The largest absolute Gasteiger partial charge is 0.493 e. The third kappa shape index (κ3) is 8.52. The van der Waals surface area contributed by atoms with Gasteiger partial charge < -0.3 is 9.64 Å². The quantitative estimate of drug-likeness (QED) is 0.142. The number of benzene rings is 3. The molecule has 1 unspecified atom stereocenters. The molecule has 14 heteroatoms. The Balaban J connectivity index is 0.910. The molecule has 1 N–H and O–H groups in total. The Morgan fingerprint density at radius 3 is 2.41 bits per heavy atom. The molecule has 1 spiro atoms. The highest BCUT2D eigenvalue weighted by atomic mass is 32.1. The van der Waals surface area contributed by atoms with E-state index in [1.54, 1.807) is 11.0 Å². The minimum Gasteiger partial charge on any atom is -0.493 e. The van der Waals surface area contributed by atoms with Crippen LogP contribution in [0.2, 0.25) is 0 Å². The highest BCUT2D eigenvalue weighted by Gasteiger charge is 2.59. The number of amides is 3. The number of halogens is 3. The number of ketones is 1. The molecule has 0 bridgehead atoms. The second kappa shape index (κ2) is 17.0. The van der Waals surface area contributed by atoms with Crippen molar-refractivity contribution in [2.24, 2.45) is 11.8 Å². The van der Waals surface area contributed by atoms with E-state index in [0.717, 1.165) is 73.3 Å². The smallest absolute Gasteiger partial charge is 0.417 e. The number of anilines is 2. The minimum atomic E-state index is -4.78. The molecule has 4 aliphatic rings. The molecule has 3 amide bonds. The SMILES string of the molecule is CCc1cc(N2C(=S)N(c3ccc(C#N)c(C(F)(F)F)c3)C(=O)C23CCC3)ccc1OCCC1CCN(CC(=O)Cc2cccc(CC3CCC(=O)NC3=O)c2)CC1. The van der Waals surface area contributed by atoms with E-state index >= 15 is 0 Å². The number of nitriles is 1. The van der Waals surface area contributed by atoms with Gasteiger partial charge in [-0.3, -0.25) is 34.3 Å². The van der Waals surface area contributed by atoms with Crippen LogP contribution in [0.25, 0.3) is 0 Å². The maximum atomic E-state index is 14.0. The molecule has 3 aromatic rings. The normalized spacial score (nSPS) is 19.9. The number of Topliss-reactive ketones (excluding diaryl/α,β-unsaturated/α-hetero) is 1. The zero-order valence-electron chi connectivity index (χ0n) is 32.4. The van der Waals surface area contributed by atoms with Gasteiger partial charge in [0.1, 0.15) is 11.3 Å². The fourth-order valence-electron chi connectivity index (χ4n) is 8.72. The number of ether oxygens (including phenoxy) is 1. The van der Waals surface area contributed by atoms with Crippen LogP contribution in [0.3, 0.4) is 0 Å². The summed E-state index contributed by atoms with van der Waals surface area (Å²) in [5.74, 6) is 0.268. The van der Waals surface area contributed by atoms with E-state index < -0.39 is 22.8 Å². The van der Waals surface area contributed by atoms with Crippen molar-refractivity contribution in [1.82, 2.24) is 10.2 Å². The van der Waals surface area contributed by atoms with Crippen LogP contribution >= 0.6 is 12.2 Å². The van der Waals surface area contributed by atoms with E-state index in [4.69, 9.17) is 17.0 Å². The summed E-state index contributed by atoms with van der Waals surface area (Å²) < 4.78 is 47.8. The lowest BCUT2D eigenvalue weighted by molar-refractivity contribution is -0.138. The summed E-state index contributed by atoms with van der Waals surface area (Å²) in [7, 11) is 0. The molecule has 7 rings (SSSR count). The number of likely N-dealkylation sites (tertiary alicyclic amines) is 1. The lowest BCUT2D eigenvalue weighted by Crippen LogP contribution is -2.55. The molecule has 3 aromatic carbocycles. The van der Waals surface area contributed by atoms with Crippen molar-refractivity contribution in [2.75, 3.05) is 36.0 Å². The van der Waals surface area contributed by atoms with Gasteiger partial charge in [0.2, 0.25) is 11.8 Å². The molecule has 10 nitrogen and oxygen atoms in total. The van der Waals surface area contributed by atoms with Crippen LogP contribution in [0, 0.1) is 23.2 Å². The molecule has 4 fully saturated rings. The van der Waals surface area contributed by atoms with Crippen LogP contribution < -0.4 is 19.9 Å². The van der Waals surface area contributed by atoms with Crippen LogP contribution in [0.15, 0.2) is 60.7 Å². The Kier molecular flexibility index (Phi) is 12.0. The maximum absolute atomic E-state index is 14.0. The number of nitrogens with one attached hydrogen (secondary N) is 1. The molecule has 0 aromatic heterocycles. The minimum absolute atomic E-state index is 0.0192. The number of aryl methyl sites for hydroxylation is 1. The number of alkyl halides is 3. The molecular formula is C44H46F3N5O5S. The first kappa shape index (κ1) is 41.0.